The molecule has 1 N–H and O–H groups in total. The normalized spacial score (nSPS) is 25.6. The van der Waals surface area contributed by atoms with E-state index in [4.69, 9.17) is 26.2 Å². The van der Waals surface area contributed by atoms with Crippen molar-refractivity contribution in [3.8, 4) is 11.5 Å². The lowest BCUT2D eigenvalue weighted by Gasteiger charge is -2.44. The molecule has 1 amide bonds. The lowest BCUT2D eigenvalue weighted by atomic mass is 9.96. The van der Waals surface area contributed by atoms with Crippen molar-refractivity contribution in [1.82, 2.24) is 10.3 Å². The smallest absolute Gasteiger partial charge is 0.289 e. The van der Waals surface area contributed by atoms with E-state index in [1.165, 1.54) is 11.8 Å². The number of carbonyl (C=O) groups is 1. The van der Waals surface area contributed by atoms with Crippen molar-refractivity contribution in [2.45, 2.75) is 18.3 Å². The first-order chi connectivity index (χ1) is 13.1. The fourth-order valence-corrected chi connectivity index (χ4v) is 4.72. The second kappa shape index (κ2) is 6.07. The number of methoxy groups -OCH3 is 1. The average Bonchev–Trinajstić information content (AvgIpc) is 3.28. The van der Waals surface area contributed by atoms with Crippen LogP contribution in [0.15, 0.2) is 47.6 Å². The molecule has 2 aromatic rings. The minimum atomic E-state index is -0.971. The number of rotatable bonds is 2. The SMILES string of the molecule is COc1ccc(C2=NN3[C@@H](C2)c2cc(Cl)ccc2O[C@]32CSC(=O)N2)cc1. The van der Waals surface area contributed by atoms with Crippen LogP contribution in [0.2, 0.25) is 5.02 Å². The molecule has 1 spiro atoms. The van der Waals surface area contributed by atoms with Crippen molar-refractivity contribution in [2.24, 2.45) is 5.10 Å². The molecular weight excluding hydrogens is 386 g/mol. The molecular formula is C19H16ClN3O3S. The highest BCUT2D eigenvalue weighted by atomic mass is 35.5. The van der Waals surface area contributed by atoms with E-state index in [-0.39, 0.29) is 11.3 Å². The summed E-state index contributed by atoms with van der Waals surface area (Å²) in [7, 11) is 1.64. The van der Waals surface area contributed by atoms with Crippen molar-refractivity contribution in [3.63, 3.8) is 0 Å². The number of halogens is 1. The van der Waals surface area contributed by atoms with Crippen molar-refractivity contribution in [1.29, 1.82) is 0 Å². The van der Waals surface area contributed by atoms with Crippen LogP contribution in [-0.2, 0) is 0 Å². The largest absolute Gasteiger partial charge is 0.497 e. The van der Waals surface area contributed by atoms with Crippen LogP contribution in [0.5, 0.6) is 11.5 Å². The number of carbonyl (C=O) groups excluding carboxylic acids is 1. The first-order valence-corrected chi connectivity index (χ1v) is 9.89. The van der Waals surface area contributed by atoms with Gasteiger partial charge >= 0.3 is 0 Å². The van der Waals surface area contributed by atoms with Crippen molar-refractivity contribution in [2.75, 3.05) is 12.9 Å². The summed E-state index contributed by atoms with van der Waals surface area (Å²) in [6, 6.07) is 13.3. The maximum atomic E-state index is 12.0. The predicted octanol–water partition coefficient (Wildman–Crippen LogP) is 4.00. The standard InChI is InChI=1S/C19H16ClN3O3S/c1-25-13-5-2-11(3-6-13)15-9-16-14-8-12(20)4-7-17(14)26-19(23(16)22-15)10-27-18(24)21-19/h2-8,16H,9-10H2,1H3,(H,21,24)/t16-,19-/m0/s1. The highest BCUT2D eigenvalue weighted by Gasteiger charge is 2.55. The number of hydrogen-bond acceptors (Lipinski definition) is 6. The predicted molar refractivity (Wildman–Crippen MR) is 105 cm³/mol. The van der Waals surface area contributed by atoms with Crippen molar-refractivity contribution < 1.29 is 14.3 Å². The second-order valence-electron chi connectivity index (χ2n) is 6.61. The second-order valence-corrected chi connectivity index (χ2v) is 7.99. The first kappa shape index (κ1) is 16.8. The summed E-state index contributed by atoms with van der Waals surface area (Å²) in [5, 5.41) is 10.2. The molecule has 3 aliphatic heterocycles. The highest BCUT2D eigenvalue weighted by molar-refractivity contribution is 8.14. The Labute approximate surface area is 165 Å². The summed E-state index contributed by atoms with van der Waals surface area (Å²) in [5.41, 5.74) is 2.93. The summed E-state index contributed by atoms with van der Waals surface area (Å²) in [6.07, 6.45) is 0.700. The minimum Gasteiger partial charge on any atom is -0.497 e. The Kier molecular flexibility index (Phi) is 3.77. The molecule has 0 aromatic heterocycles. The average molecular weight is 402 g/mol. The fraction of sp³-hybridized carbons (Fsp3) is 0.263. The van der Waals surface area contributed by atoms with Crippen LogP contribution in [0.3, 0.4) is 0 Å². The number of thioether (sulfide) groups is 1. The summed E-state index contributed by atoms with van der Waals surface area (Å²) >= 11 is 7.43. The van der Waals surface area contributed by atoms with Gasteiger partial charge in [0.1, 0.15) is 11.5 Å². The zero-order chi connectivity index (χ0) is 18.6. The zero-order valence-electron chi connectivity index (χ0n) is 14.4. The van der Waals surface area contributed by atoms with E-state index in [2.05, 4.69) is 5.32 Å². The zero-order valence-corrected chi connectivity index (χ0v) is 16.0. The molecule has 0 aliphatic carbocycles. The molecule has 0 radical (unpaired) electrons. The Balaban J connectivity index is 1.58. The number of nitrogens with zero attached hydrogens (tertiary/aromatic N) is 2. The van der Waals surface area contributed by atoms with E-state index in [1.54, 1.807) is 13.2 Å². The van der Waals surface area contributed by atoms with Crippen molar-refractivity contribution in [3.05, 3.63) is 58.6 Å². The number of hydrazone groups is 1. The van der Waals surface area contributed by atoms with E-state index in [0.717, 1.165) is 28.3 Å². The van der Waals surface area contributed by atoms with Gasteiger partial charge in [0.25, 0.3) is 11.1 Å². The van der Waals surface area contributed by atoms with Gasteiger partial charge < -0.3 is 9.47 Å². The molecule has 0 saturated carbocycles. The Morgan fingerprint density at radius 3 is 2.85 bits per heavy atom. The monoisotopic (exact) mass is 401 g/mol. The van der Waals surface area contributed by atoms with Crippen LogP contribution in [0, 0.1) is 0 Å². The van der Waals surface area contributed by atoms with E-state index < -0.39 is 5.85 Å². The molecule has 8 heteroatoms. The molecule has 1 fully saturated rings. The molecule has 6 nitrogen and oxygen atoms in total. The molecule has 5 rings (SSSR count). The van der Waals surface area contributed by atoms with Crippen LogP contribution in [0.4, 0.5) is 4.79 Å². The summed E-state index contributed by atoms with van der Waals surface area (Å²) in [4.78, 5) is 12.0. The maximum absolute atomic E-state index is 12.0. The van der Waals surface area contributed by atoms with Gasteiger partial charge in [-0.25, -0.2) is 5.01 Å². The van der Waals surface area contributed by atoms with Crippen LogP contribution in [0.1, 0.15) is 23.6 Å². The molecule has 27 heavy (non-hydrogen) atoms. The van der Waals surface area contributed by atoms with Gasteiger partial charge in [0.15, 0.2) is 0 Å². The maximum Gasteiger partial charge on any atom is 0.289 e. The number of amides is 1. The Morgan fingerprint density at radius 2 is 2.15 bits per heavy atom. The van der Waals surface area contributed by atoms with Gasteiger partial charge in [-0.05, 0) is 48.0 Å². The van der Waals surface area contributed by atoms with E-state index in [0.29, 0.717) is 17.2 Å². The van der Waals surface area contributed by atoms with E-state index in [1.807, 2.05) is 41.4 Å². The molecule has 1 saturated heterocycles. The van der Waals surface area contributed by atoms with Gasteiger partial charge in [0, 0.05) is 17.0 Å². The van der Waals surface area contributed by atoms with Crippen LogP contribution >= 0.6 is 23.4 Å². The molecule has 138 valence electrons. The Bertz CT molecular complexity index is 965. The molecule has 2 aromatic carbocycles. The first-order valence-electron chi connectivity index (χ1n) is 8.53. The summed E-state index contributed by atoms with van der Waals surface area (Å²) < 4.78 is 11.5. The van der Waals surface area contributed by atoms with Gasteiger partial charge in [-0.15, -0.1) is 0 Å². The summed E-state index contributed by atoms with van der Waals surface area (Å²) in [6.45, 7) is 0. The topological polar surface area (TPSA) is 63.2 Å². The van der Waals surface area contributed by atoms with Gasteiger partial charge in [-0.1, -0.05) is 23.4 Å². The lowest BCUT2D eigenvalue weighted by molar-refractivity contribution is -0.111. The van der Waals surface area contributed by atoms with Crippen molar-refractivity contribution >= 4 is 34.3 Å². The molecule has 3 aliphatic rings. The Morgan fingerprint density at radius 1 is 1.33 bits per heavy atom. The number of nitrogens with one attached hydrogen (secondary N) is 1. The van der Waals surface area contributed by atoms with Crippen LogP contribution < -0.4 is 14.8 Å². The lowest BCUT2D eigenvalue weighted by Crippen LogP contribution is -2.62. The van der Waals surface area contributed by atoms with Crippen LogP contribution in [0.25, 0.3) is 0 Å². The highest BCUT2D eigenvalue weighted by Crippen LogP contribution is 2.49. The van der Waals surface area contributed by atoms with Gasteiger partial charge in [-0.2, -0.15) is 5.10 Å². The number of ether oxygens (including phenoxy) is 2. The Hall–Kier alpha value is -2.38. The van der Waals surface area contributed by atoms with Gasteiger partial charge in [-0.3, -0.25) is 10.1 Å². The quantitative estimate of drug-likeness (QED) is 0.824. The number of fused-ring (bicyclic) bond motifs is 4. The number of benzene rings is 2. The fourth-order valence-electron chi connectivity index (χ4n) is 3.72. The van der Waals surface area contributed by atoms with E-state index in [9.17, 15) is 4.79 Å². The third-order valence-electron chi connectivity index (χ3n) is 5.01. The number of hydrogen-bond donors (Lipinski definition) is 1. The van der Waals surface area contributed by atoms with Gasteiger partial charge in [0.2, 0.25) is 0 Å². The summed E-state index contributed by atoms with van der Waals surface area (Å²) in [5.74, 6) is 1.02. The van der Waals surface area contributed by atoms with E-state index >= 15 is 0 Å². The molecule has 0 bridgehead atoms. The third-order valence-corrected chi connectivity index (χ3v) is 6.14. The minimum absolute atomic E-state index is 0.0523. The van der Waals surface area contributed by atoms with Gasteiger partial charge in [0.05, 0.1) is 24.6 Å². The van der Waals surface area contributed by atoms with Crippen LogP contribution in [-0.4, -0.2) is 34.7 Å². The molecule has 0 unspecified atom stereocenters. The molecule has 3 heterocycles. The third kappa shape index (κ3) is 2.64. The molecule has 2 atom stereocenters.